The third kappa shape index (κ3) is 2.70. The zero-order valence-corrected chi connectivity index (χ0v) is 13.3. The average Bonchev–Trinajstić information content (AvgIpc) is 2.49. The predicted octanol–water partition coefficient (Wildman–Crippen LogP) is 3.22. The van der Waals surface area contributed by atoms with Crippen LogP contribution < -0.4 is 10.1 Å². The van der Waals surface area contributed by atoms with E-state index in [0.717, 1.165) is 5.75 Å². The molecule has 1 aliphatic rings. The van der Waals surface area contributed by atoms with Crippen LogP contribution in [0.2, 0.25) is 0 Å². The summed E-state index contributed by atoms with van der Waals surface area (Å²) in [6, 6.07) is 8.70. The summed E-state index contributed by atoms with van der Waals surface area (Å²) >= 11 is 0. The van der Waals surface area contributed by atoms with Crippen molar-refractivity contribution < 1.29 is 4.74 Å². The molecule has 1 aliphatic carbocycles. The highest BCUT2D eigenvalue weighted by Gasteiger charge is 2.42. The van der Waals surface area contributed by atoms with Gasteiger partial charge < -0.3 is 15.0 Å². The number of methoxy groups -OCH3 is 1. The van der Waals surface area contributed by atoms with Crippen molar-refractivity contribution in [2.75, 3.05) is 28.3 Å². The lowest BCUT2D eigenvalue weighted by Gasteiger charge is -2.48. The van der Waals surface area contributed by atoms with E-state index < -0.39 is 0 Å². The summed E-state index contributed by atoms with van der Waals surface area (Å²) in [6.45, 7) is 0. The van der Waals surface area contributed by atoms with Crippen LogP contribution in [0.5, 0.6) is 5.75 Å². The number of nitrogens with one attached hydrogen (secondary N) is 1. The minimum absolute atomic E-state index is 0.182. The Balaban J connectivity index is 2.43. The molecule has 2 rings (SSSR count). The second kappa shape index (κ2) is 6.59. The number of benzene rings is 1. The number of hydrogen-bond acceptors (Lipinski definition) is 3. The largest absolute Gasteiger partial charge is 0.496 e. The van der Waals surface area contributed by atoms with Crippen LogP contribution in [0.25, 0.3) is 0 Å². The lowest BCUT2D eigenvalue weighted by atomic mass is 9.73. The molecule has 1 unspecified atom stereocenters. The smallest absolute Gasteiger partial charge is 0.123 e. The number of para-hydroxylation sites is 1. The van der Waals surface area contributed by atoms with Gasteiger partial charge in [0.2, 0.25) is 0 Å². The summed E-state index contributed by atoms with van der Waals surface area (Å²) in [6.07, 6.45) is 6.46. The summed E-state index contributed by atoms with van der Waals surface area (Å²) in [4.78, 5) is 2.42. The number of likely N-dealkylation sites (N-methyl/N-ethyl adjacent to an activating group) is 2. The van der Waals surface area contributed by atoms with Gasteiger partial charge in [-0.25, -0.2) is 0 Å². The number of ether oxygens (including phenoxy) is 1. The van der Waals surface area contributed by atoms with Crippen LogP contribution in [0.4, 0.5) is 0 Å². The molecule has 1 atom stereocenters. The molecule has 3 heteroatoms. The molecule has 1 fully saturated rings. The van der Waals surface area contributed by atoms with Gasteiger partial charge in [0, 0.05) is 11.1 Å². The fraction of sp³-hybridized carbons (Fsp3) is 0.647. The van der Waals surface area contributed by atoms with E-state index in [2.05, 4.69) is 49.6 Å². The maximum absolute atomic E-state index is 5.59. The van der Waals surface area contributed by atoms with Gasteiger partial charge in [0.15, 0.2) is 0 Å². The Hall–Kier alpha value is -1.06. The molecule has 0 radical (unpaired) electrons. The van der Waals surface area contributed by atoms with Crippen molar-refractivity contribution in [1.82, 2.24) is 10.2 Å². The Labute approximate surface area is 123 Å². The van der Waals surface area contributed by atoms with Gasteiger partial charge in [-0.3, -0.25) is 0 Å². The first-order chi connectivity index (χ1) is 9.65. The highest BCUT2D eigenvalue weighted by atomic mass is 16.5. The zero-order valence-electron chi connectivity index (χ0n) is 13.3. The van der Waals surface area contributed by atoms with Crippen LogP contribution >= 0.6 is 0 Å². The maximum atomic E-state index is 5.59. The molecule has 0 aliphatic heterocycles. The van der Waals surface area contributed by atoms with Gasteiger partial charge in [-0.2, -0.15) is 0 Å². The molecular weight excluding hydrogens is 248 g/mol. The van der Waals surface area contributed by atoms with Crippen molar-refractivity contribution in [3.05, 3.63) is 29.8 Å². The van der Waals surface area contributed by atoms with Gasteiger partial charge in [-0.15, -0.1) is 0 Å². The molecule has 1 N–H and O–H groups in total. The maximum Gasteiger partial charge on any atom is 0.123 e. The zero-order chi connectivity index (χ0) is 14.6. The van der Waals surface area contributed by atoms with Crippen molar-refractivity contribution in [2.24, 2.45) is 0 Å². The molecular formula is C17H28N2O. The summed E-state index contributed by atoms with van der Waals surface area (Å²) in [5.41, 5.74) is 1.45. The fourth-order valence-corrected chi connectivity index (χ4v) is 3.78. The van der Waals surface area contributed by atoms with Gasteiger partial charge in [0.25, 0.3) is 0 Å². The number of nitrogens with zero attached hydrogens (tertiary/aromatic N) is 1. The fourth-order valence-electron chi connectivity index (χ4n) is 3.78. The molecule has 0 heterocycles. The molecule has 112 valence electrons. The van der Waals surface area contributed by atoms with Crippen LogP contribution in [-0.4, -0.2) is 38.7 Å². The molecule has 0 bridgehead atoms. The third-order valence-corrected chi connectivity index (χ3v) is 4.89. The molecule has 1 aromatic carbocycles. The summed E-state index contributed by atoms with van der Waals surface area (Å²) in [5, 5.41) is 3.56. The van der Waals surface area contributed by atoms with E-state index in [4.69, 9.17) is 4.74 Å². The van der Waals surface area contributed by atoms with Crippen LogP contribution in [0.1, 0.15) is 43.7 Å². The first kappa shape index (κ1) is 15.3. The van der Waals surface area contributed by atoms with E-state index in [1.165, 1.54) is 37.7 Å². The Morgan fingerprint density at radius 1 is 1.15 bits per heavy atom. The predicted molar refractivity (Wildman–Crippen MR) is 84.3 cm³/mol. The normalized spacial score (nSPS) is 19.9. The van der Waals surface area contributed by atoms with Crippen molar-refractivity contribution in [2.45, 2.75) is 43.7 Å². The third-order valence-electron chi connectivity index (χ3n) is 4.89. The van der Waals surface area contributed by atoms with E-state index in [1.807, 2.05) is 6.07 Å². The summed E-state index contributed by atoms with van der Waals surface area (Å²) in [7, 11) is 8.25. The van der Waals surface area contributed by atoms with Crippen LogP contribution in [-0.2, 0) is 0 Å². The van der Waals surface area contributed by atoms with Gasteiger partial charge in [0.05, 0.1) is 13.2 Å². The first-order valence-corrected chi connectivity index (χ1v) is 7.63. The van der Waals surface area contributed by atoms with Crippen LogP contribution in [0.3, 0.4) is 0 Å². The Morgan fingerprint density at radius 3 is 2.35 bits per heavy atom. The van der Waals surface area contributed by atoms with Crippen molar-refractivity contribution in [3.63, 3.8) is 0 Å². The van der Waals surface area contributed by atoms with Gasteiger partial charge in [-0.1, -0.05) is 37.5 Å². The quantitative estimate of drug-likeness (QED) is 0.893. The number of hydrogen-bond donors (Lipinski definition) is 1. The minimum Gasteiger partial charge on any atom is -0.496 e. The molecule has 3 nitrogen and oxygen atoms in total. The Kier molecular flexibility index (Phi) is 5.06. The second-order valence-corrected chi connectivity index (χ2v) is 6.02. The van der Waals surface area contributed by atoms with Gasteiger partial charge in [0.1, 0.15) is 5.75 Å². The van der Waals surface area contributed by atoms with E-state index >= 15 is 0 Å². The molecule has 0 spiro atoms. The van der Waals surface area contributed by atoms with E-state index in [-0.39, 0.29) is 5.54 Å². The Morgan fingerprint density at radius 2 is 1.80 bits per heavy atom. The molecule has 0 saturated heterocycles. The molecule has 1 aromatic rings. The molecule has 1 saturated carbocycles. The van der Waals surface area contributed by atoms with E-state index in [1.54, 1.807) is 7.11 Å². The molecule has 0 amide bonds. The second-order valence-electron chi connectivity index (χ2n) is 6.02. The minimum atomic E-state index is 0.182. The summed E-state index contributed by atoms with van der Waals surface area (Å²) < 4.78 is 5.59. The average molecular weight is 276 g/mol. The SMILES string of the molecule is CNC(c1ccccc1OC)C1(N(C)C)CCCCC1. The van der Waals surface area contributed by atoms with Gasteiger partial charge in [-0.05, 0) is 40.1 Å². The summed E-state index contributed by atoms with van der Waals surface area (Å²) in [5.74, 6) is 0.985. The van der Waals surface area contributed by atoms with Crippen LogP contribution in [0.15, 0.2) is 24.3 Å². The topological polar surface area (TPSA) is 24.5 Å². The lowest BCUT2D eigenvalue weighted by molar-refractivity contribution is 0.0585. The van der Waals surface area contributed by atoms with E-state index in [0.29, 0.717) is 6.04 Å². The highest BCUT2D eigenvalue weighted by molar-refractivity contribution is 5.38. The highest BCUT2D eigenvalue weighted by Crippen LogP contribution is 2.43. The van der Waals surface area contributed by atoms with Crippen molar-refractivity contribution in [1.29, 1.82) is 0 Å². The van der Waals surface area contributed by atoms with Gasteiger partial charge >= 0.3 is 0 Å². The standard InChI is InChI=1S/C17H28N2O/c1-18-16(14-10-6-7-11-15(14)20-4)17(19(2)3)12-8-5-9-13-17/h6-7,10-11,16,18H,5,8-9,12-13H2,1-4H3. The molecule has 0 aromatic heterocycles. The van der Waals surface area contributed by atoms with E-state index in [9.17, 15) is 0 Å². The monoisotopic (exact) mass is 276 g/mol. The first-order valence-electron chi connectivity index (χ1n) is 7.63. The molecule has 20 heavy (non-hydrogen) atoms. The lowest BCUT2D eigenvalue weighted by Crippen LogP contribution is -2.54. The number of rotatable bonds is 5. The van der Waals surface area contributed by atoms with Crippen molar-refractivity contribution >= 4 is 0 Å². The Bertz CT molecular complexity index is 425. The van der Waals surface area contributed by atoms with Crippen molar-refractivity contribution in [3.8, 4) is 5.75 Å². The van der Waals surface area contributed by atoms with Crippen LogP contribution in [0, 0.1) is 0 Å².